The van der Waals surface area contributed by atoms with Crippen molar-refractivity contribution in [3.8, 4) is 11.1 Å². The first kappa shape index (κ1) is 54.4. The van der Waals surface area contributed by atoms with E-state index >= 15 is 0 Å². The number of rotatable bonds is 3. The van der Waals surface area contributed by atoms with Gasteiger partial charge in [0.1, 0.15) is 0 Å². The third kappa shape index (κ3) is 22.2. The molecule has 0 saturated carbocycles. The second-order valence-electron chi connectivity index (χ2n) is 9.51. The Balaban J connectivity index is -0.000000288. The molecule has 290 valence electrons. The van der Waals surface area contributed by atoms with Gasteiger partial charge in [0.15, 0.2) is 0 Å². The Bertz CT molecular complexity index is 1350. The van der Waals surface area contributed by atoms with Gasteiger partial charge < -0.3 is 0 Å². The van der Waals surface area contributed by atoms with Crippen LogP contribution in [0.3, 0.4) is 0 Å². The fourth-order valence-electron chi connectivity index (χ4n) is 3.72. The molecule has 6 heteroatoms. The van der Waals surface area contributed by atoms with E-state index in [-0.39, 0.29) is 31.1 Å². The summed E-state index contributed by atoms with van der Waals surface area (Å²) in [6.45, 7) is 24.5. The lowest BCUT2D eigenvalue weighted by Crippen LogP contribution is -2.29. The summed E-state index contributed by atoms with van der Waals surface area (Å²) in [5.41, 5.74) is 3.78. The molecule has 2 aliphatic heterocycles. The summed E-state index contributed by atoms with van der Waals surface area (Å²) in [5.74, 6) is -1.13. The van der Waals surface area contributed by atoms with Crippen molar-refractivity contribution in [1.29, 1.82) is 0 Å². The first-order chi connectivity index (χ1) is 25.4. The van der Waals surface area contributed by atoms with Crippen molar-refractivity contribution in [1.82, 2.24) is 0 Å². The van der Waals surface area contributed by atoms with Gasteiger partial charge in [-0.3, -0.25) is 19.2 Å². The molecule has 0 bridgehead atoms. The molecule has 2 aliphatic rings. The predicted molar refractivity (Wildman–Crippen MR) is 232 cm³/mol. The number of hydrogen-bond acceptors (Lipinski definition) is 4. The van der Waals surface area contributed by atoms with Crippen LogP contribution in [0, 0.1) is 0 Å². The van der Waals surface area contributed by atoms with Gasteiger partial charge in [0.05, 0.1) is 11.4 Å². The van der Waals surface area contributed by atoms with Gasteiger partial charge in [-0.2, -0.15) is 0 Å². The average Bonchev–Trinajstić information content (AvgIpc) is 3.75. The van der Waals surface area contributed by atoms with Gasteiger partial charge in [0.2, 0.25) is 0 Å². The number of hydrogen-bond donors (Lipinski definition) is 0. The molecular formula is C47H68N2O4. The minimum absolute atomic E-state index is 0. The van der Waals surface area contributed by atoms with Crippen LogP contribution in [0.2, 0.25) is 0 Å². The molecular weight excluding hydrogens is 657 g/mol. The first-order valence-corrected chi connectivity index (χ1v) is 18.7. The average molecular weight is 725 g/mol. The van der Waals surface area contributed by atoms with Gasteiger partial charge in [-0.25, -0.2) is 9.80 Å². The van der Waals surface area contributed by atoms with E-state index in [9.17, 15) is 19.2 Å². The predicted octanol–water partition coefficient (Wildman–Crippen LogP) is 13.2. The van der Waals surface area contributed by atoms with Crippen molar-refractivity contribution < 1.29 is 19.2 Å². The highest BCUT2D eigenvalue weighted by molar-refractivity contribution is 6.28. The standard InChI is InChI=1S/C12H10.2C10H7NO2.2C3H8.4C2H6.CH4/c1-3-7-11(8-4-1)12-9-5-2-6-10-12;2*12-9-6-7-10(13)11(9)8-4-2-1-3-5-8;2*1-3-2;4*1-2;/h1-10H;2*1-7H;2*3H2,1-2H3;4*1-2H3;1H4. The maximum absolute atomic E-state index is 11.2. The van der Waals surface area contributed by atoms with Gasteiger partial charge >= 0.3 is 0 Å². The SMILES string of the molecule is C.CC.CC.CC.CC.CCC.CCC.O=C1C=CC(=O)N1c1ccccc1.O=C1C=CC(=O)N1c1ccccc1.c1ccc(-c2ccccc2)cc1. The van der Waals surface area contributed by atoms with Crippen molar-refractivity contribution in [2.24, 2.45) is 0 Å². The topological polar surface area (TPSA) is 74.8 Å². The summed E-state index contributed by atoms with van der Waals surface area (Å²) in [7, 11) is 0. The summed E-state index contributed by atoms with van der Waals surface area (Å²) in [5, 5.41) is 0. The molecule has 0 radical (unpaired) electrons. The molecule has 0 spiro atoms. The maximum atomic E-state index is 11.2. The van der Waals surface area contributed by atoms with Gasteiger partial charge in [-0.15, -0.1) is 0 Å². The number of anilines is 2. The van der Waals surface area contributed by atoms with E-state index in [1.165, 1.54) is 48.3 Å². The van der Waals surface area contributed by atoms with Crippen LogP contribution < -0.4 is 9.80 Å². The molecule has 4 aromatic carbocycles. The molecule has 0 aromatic heterocycles. The molecule has 0 unspecified atom stereocenters. The Morgan fingerprint density at radius 3 is 0.698 bits per heavy atom. The lowest BCUT2D eigenvalue weighted by molar-refractivity contribution is -0.121. The third-order valence-electron chi connectivity index (χ3n) is 5.53. The Labute approximate surface area is 323 Å². The second kappa shape index (κ2) is 37.9. The highest BCUT2D eigenvalue weighted by atomic mass is 16.2. The van der Waals surface area contributed by atoms with Crippen molar-refractivity contribution in [3.05, 3.63) is 146 Å². The van der Waals surface area contributed by atoms with Crippen LogP contribution in [0.4, 0.5) is 11.4 Å². The molecule has 0 aliphatic carbocycles. The molecule has 0 saturated heterocycles. The summed E-state index contributed by atoms with van der Waals surface area (Å²) in [4.78, 5) is 47.1. The van der Waals surface area contributed by atoms with Gasteiger partial charge in [-0.05, 0) is 35.4 Å². The monoisotopic (exact) mass is 725 g/mol. The second-order valence-corrected chi connectivity index (χ2v) is 9.51. The highest BCUT2D eigenvalue weighted by Crippen LogP contribution is 2.19. The normalized spacial score (nSPS) is 10.9. The molecule has 53 heavy (non-hydrogen) atoms. The molecule has 6 rings (SSSR count). The number of carbonyl (C=O) groups excluding carboxylic acids is 4. The van der Waals surface area contributed by atoms with Crippen LogP contribution in [0.5, 0.6) is 0 Å². The zero-order valence-electron chi connectivity index (χ0n) is 33.8. The molecule has 4 aromatic rings. The molecule has 0 atom stereocenters. The van der Waals surface area contributed by atoms with Gasteiger partial charge in [0, 0.05) is 24.3 Å². The lowest BCUT2D eigenvalue weighted by atomic mass is 10.1. The van der Waals surface area contributed by atoms with E-state index < -0.39 is 0 Å². The van der Waals surface area contributed by atoms with Crippen LogP contribution >= 0.6 is 0 Å². The van der Waals surface area contributed by atoms with Gasteiger partial charge in [0.25, 0.3) is 23.6 Å². The number of benzene rings is 4. The zero-order valence-corrected chi connectivity index (χ0v) is 33.8. The Hall–Kier alpha value is -5.36. The summed E-state index contributed by atoms with van der Waals surface area (Å²) in [6, 6.07) is 38.5. The fourth-order valence-corrected chi connectivity index (χ4v) is 3.72. The first-order valence-electron chi connectivity index (χ1n) is 18.7. The fraction of sp³-hybridized carbons (Fsp3) is 0.319. The summed E-state index contributed by atoms with van der Waals surface area (Å²) in [6.07, 6.45) is 7.59. The zero-order chi connectivity index (χ0) is 40.2. The minimum atomic E-state index is -0.281. The van der Waals surface area contributed by atoms with E-state index in [4.69, 9.17) is 0 Å². The van der Waals surface area contributed by atoms with Crippen LogP contribution in [-0.2, 0) is 19.2 Å². The van der Waals surface area contributed by atoms with Crippen LogP contribution in [-0.4, -0.2) is 23.6 Å². The van der Waals surface area contributed by atoms with Crippen molar-refractivity contribution in [2.75, 3.05) is 9.80 Å². The molecule has 0 fully saturated rings. The smallest absolute Gasteiger partial charge is 0.258 e. The van der Waals surface area contributed by atoms with E-state index in [2.05, 4.69) is 76.2 Å². The Morgan fingerprint density at radius 1 is 0.340 bits per heavy atom. The number of imide groups is 2. The highest BCUT2D eigenvalue weighted by Gasteiger charge is 2.25. The lowest BCUT2D eigenvalue weighted by Gasteiger charge is -2.12. The quantitative estimate of drug-likeness (QED) is 0.197. The third-order valence-corrected chi connectivity index (χ3v) is 5.53. The summed E-state index contributed by atoms with van der Waals surface area (Å²) < 4.78 is 0. The number of para-hydroxylation sites is 2. The summed E-state index contributed by atoms with van der Waals surface area (Å²) >= 11 is 0. The molecule has 6 nitrogen and oxygen atoms in total. The number of amides is 4. The Kier molecular flexibility index (Phi) is 38.9. The van der Waals surface area contributed by atoms with Crippen molar-refractivity contribution >= 4 is 35.0 Å². The van der Waals surface area contributed by atoms with Crippen LogP contribution in [0.1, 0.15) is 103 Å². The molecule has 2 heterocycles. The van der Waals surface area contributed by atoms with E-state index in [1.807, 2.05) is 79.7 Å². The van der Waals surface area contributed by atoms with E-state index in [0.717, 1.165) is 9.80 Å². The number of nitrogens with zero attached hydrogens (tertiary/aromatic N) is 2. The van der Waals surface area contributed by atoms with Crippen molar-refractivity contribution in [3.63, 3.8) is 0 Å². The van der Waals surface area contributed by atoms with E-state index in [1.54, 1.807) is 48.5 Å². The number of carbonyl (C=O) groups is 4. The molecule has 0 N–H and O–H groups in total. The largest absolute Gasteiger partial charge is 0.269 e. The molecule has 4 amide bonds. The van der Waals surface area contributed by atoms with Gasteiger partial charge in [-0.1, -0.05) is 200 Å². The van der Waals surface area contributed by atoms with Crippen LogP contribution in [0.15, 0.2) is 146 Å². The van der Waals surface area contributed by atoms with Crippen molar-refractivity contribution in [2.45, 2.75) is 103 Å². The van der Waals surface area contributed by atoms with E-state index in [0.29, 0.717) is 11.4 Å². The Morgan fingerprint density at radius 2 is 0.509 bits per heavy atom. The maximum Gasteiger partial charge on any atom is 0.258 e. The van der Waals surface area contributed by atoms with Crippen LogP contribution in [0.25, 0.3) is 11.1 Å². The minimum Gasteiger partial charge on any atom is -0.269 e.